The van der Waals surface area contributed by atoms with Crippen molar-refractivity contribution in [3.63, 3.8) is 0 Å². The second-order valence-electron chi connectivity index (χ2n) is 6.28. The molecular weight excluding hydrogens is 336 g/mol. The molecule has 2 aromatic heterocycles. The summed E-state index contributed by atoms with van der Waals surface area (Å²) in [6, 6.07) is 3.65. The molecule has 1 saturated carbocycles. The Kier molecular flexibility index (Phi) is 6.36. The Morgan fingerprint density at radius 2 is 2.20 bits per heavy atom. The molecule has 2 aromatic rings. The molecule has 1 amide bonds. The number of ether oxygens (including phenoxy) is 1. The molecule has 25 heavy (non-hydrogen) atoms. The normalized spacial score (nSPS) is 15.1. The fourth-order valence-electron chi connectivity index (χ4n) is 2.99. The number of carbonyl (C=O) groups is 1. The van der Waals surface area contributed by atoms with Crippen LogP contribution < -0.4 is 15.8 Å². The first-order valence-electron chi connectivity index (χ1n) is 8.80. The number of amides is 1. The van der Waals surface area contributed by atoms with E-state index in [1.807, 2.05) is 12.1 Å². The van der Waals surface area contributed by atoms with E-state index in [2.05, 4.69) is 15.3 Å². The van der Waals surface area contributed by atoms with Gasteiger partial charge < -0.3 is 15.8 Å². The number of nitrogens with two attached hydrogens (primary N) is 1. The molecule has 0 spiro atoms. The fourth-order valence-corrected chi connectivity index (χ4v) is 3.78. The number of nitrogens with one attached hydrogen (secondary N) is 1. The molecule has 0 unspecified atom stereocenters. The molecule has 6 nitrogen and oxygen atoms in total. The van der Waals surface area contributed by atoms with Crippen molar-refractivity contribution in [2.24, 2.45) is 11.7 Å². The highest BCUT2D eigenvalue weighted by molar-refractivity contribution is 7.09. The highest BCUT2D eigenvalue weighted by Crippen LogP contribution is 2.27. The SMILES string of the molecule is NCCc1nc(C(=O)Nc2ncccc2OCC2CCCCC2)cs1. The number of thiazole rings is 1. The van der Waals surface area contributed by atoms with Crippen LogP contribution in [0.15, 0.2) is 23.7 Å². The van der Waals surface area contributed by atoms with E-state index >= 15 is 0 Å². The standard InChI is InChI=1S/C18H24N4O2S/c19-9-8-16-21-14(12-25-16)18(23)22-17-15(7-4-10-20-17)24-11-13-5-2-1-3-6-13/h4,7,10,12-13H,1-3,5-6,8-9,11,19H2,(H,20,22,23). The van der Waals surface area contributed by atoms with Crippen molar-refractivity contribution in [1.82, 2.24) is 9.97 Å². The van der Waals surface area contributed by atoms with Gasteiger partial charge in [0.15, 0.2) is 11.6 Å². The summed E-state index contributed by atoms with van der Waals surface area (Å²) in [6.07, 6.45) is 8.63. The molecule has 0 saturated heterocycles. The van der Waals surface area contributed by atoms with E-state index in [9.17, 15) is 4.79 Å². The Hall–Kier alpha value is -1.99. The minimum Gasteiger partial charge on any atom is -0.489 e. The molecule has 7 heteroatoms. The number of nitrogens with zero attached hydrogens (tertiary/aromatic N) is 2. The summed E-state index contributed by atoms with van der Waals surface area (Å²) in [4.78, 5) is 20.9. The van der Waals surface area contributed by atoms with Gasteiger partial charge in [-0.05, 0) is 37.4 Å². The fraction of sp³-hybridized carbons (Fsp3) is 0.500. The van der Waals surface area contributed by atoms with Crippen molar-refractivity contribution >= 4 is 23.1 Å². The third-order valence-electron chi connectivity index (χ3n) is 4.34. The third kappa shape index (κ3) is 4.99. The molecule has 0 radical (unpaired) electrons. The molecule has 2 heterocycles. The molecule has 0 bridgehead atoms. The molecule has 3 N–H and O–H groups in total. The van der Waals surface area contributed by atoms with Crippen molar-refractivity contribution in [3.8, 4) is 5.75 Å². The number of hydrogen-bond donors (Lipinski definition) is 2. The molecule has 0 aliphatic heterocycles. The second kappa shape index (κ2) is 8.92. The van der Waals surface area contributed by atoms with E-state index in [4.69, 9.17) is 10.5 Å². The maximum absolute atomic E-state index is 12.4. The Labute approximate surface area is 151 Å². The summed E-state index contributed by atoms with van der Waals surface area (Å²) in [5.41, 5.74) is 5.91. The highest BCUT2D eigenvalue weighted by Gasteiger charge is 2.17. The van der Waals surface area contributed by atoms with E-state index in [1.165, 1.54) is 43.4 Å². The van der Waals surface area contributed by atoms with Crippen LogP contribution in [0.1, 0.15) is 47.6 Å². The van der Waals surface area contributed by atoms with Crippen LogP contribution in [0.2, 0.25) is 0 Å². The minimum atomic E-state index is -0.277. The topological polar surface area (TPSA) is 90.1 Å². The predicted octanol–water partition coefficient (Wildman–Crippen LogP) is 3.25. The summed E-state index contributed by atoms with van der Waals surface area (Å²) in [5, 5.41) is 5.41. The molecular formula is C18H24N4O2S. The Bertz CT molecular complexity index is 698. The number of anilines is 1. The Morgan fingerprint density at radius 1 is 1.36 bits per heavy atom. The lowest BCUT2D eigenvalue weighted by molar-refractivity contribution is 0.102. The lowest BCUT2D eigenvalue weighted by Gasteiger charge is -2.22. The van der Waals surface area contributed by atoms with E-state index < -0.39 is 0 Å². The molecule has 1 aliphatic rings. The predicted molar refractivity (Wildman–Crippen MR) is 99.1 cm³/mol. The first kappa shape index (κ1) is 17.8. The van der Waals surface area contributed by atoms with Gasteiger partial charge in [-0.25, -0.2) is 9.97 Å². The smallest absolute Gasteiger partial charge is 0.276 e. The molecule has 0 aromatic carbocycles. The van der Waals surface area contributed by atoms with Crippen molar-refractivity contribution < 1.29 is 9.53 Å². The summed E-state index contributed by atoms with van der Waals surface area (Å²) >= 11 is 1.44. The summed E-state index contributed by atoms with van der Waals surface area (Å²) in [7, 11) is 0. The monoisotopic (exact) mass is 360 g/mol. The van der Waals surface area contributed by atoms with E-state index in [1.54, 1.807) is 11.6 Å². The summed E-state index contributed by atoms with van der Waals surface area (Å²) < 4.78 is 5.95. The molecule has 1 aliphatic carbocycles. The molecule has 134 valence electrons. The molecule has 3 rings (SSSR count). The maximum atomic E-state index is 12.4. The van der Waals surface area contributed by atoms with Crippen LogP contribution >= 0.6 is 11.3 Å². The van der Waals surface area contributed by atoms with E-state index in [0.717, 1.165) is 5.01 Å². The van der Waals surface area contributed by atoms with Crippen LogP contribution in [0.25, 0.3) is 0 Å². The van der Waals surface area contributed by atoms with Gasteiger partial charge in [-0.1, -0.05) is 19.3 Å². The van der Waals surface area contributed by atoms with Gasteiger partial charge in [0, 0.05) is 18.0 Å². The van der Waals surface area contributed by atoms with Crippen LogP contribution in [0.5, 0.6) is 5.75 Å². The van der Waals surface area contributed by atoms with Crippen LogP contribution in [-0.4, -0.2) is 29.0 Å². The maximum Gasteiger partial charge on any atom is 0.276 e. The van der Waals surface area contributed by atoms with Crippen molar-refractivity contribution in [2.75, 3.05) is 18.5 Å². The number of pyridine rings is 1. The zero-order valence-corrected chi connectivity index (χ0v) is 15.1. The van der Waals surface area contributed by atoms with Crippen molar-refractivity contribution in [3.05, 3.63) is 34.4 Å². The molecule has 1 fully saturated rings. The first-order chi connectivity index (χ1) is 12.3. The molecule has 0 atom stereocenters. The quantitative estimate of drug-likeness (QED) is 0.791. The van der Waals surface area contributed by atoms with Crippen LogP contribution in [0, 0.1) is 5.92 Å². The zero-order valence-electron chi connectivity index (χ0n) is 14.2. The lowest BCUT2D eigenvalue weighted by Crippen LogP contribution is -2.18. The van der Waals surface area contributed by atoms with Gasteiger partial charge in [0.05, 0.1) is 11.6 Å². The van der Waals surface area contributed by atoms with Gasteiger partial charge in [-0.2, -0.15) is 0 Å². The van der Waals surface area contributed by atoms with Crippen LogP contribution in [-0.2, 0) is 6.42 Å². The van der Waals surface area contributed by atoms with E-state index in [0.29, 0.717) is 42.8 Å². The third-order valence-corrected chi connectivity index (χ3v) is 5.25. The Morgan fingerprint density at radius 3 is 3.00 bits per heavy atom. The number of aromatic nitrogens is 2. The average molecular weight is 360 g/mol. The minimum absolute atomic E-state index is 0.277. The zero-order chi connectivity index (χ0) is 17.5. The van der Waals surface area contributed by atoms with E-state index in [-0.39, 0.29) is 5.91 Å². The van der Waals surface area contributed by atoms with Crippen molar-refractivity contribution in [1.29, 1.82) is 0 Å². The van der Waals surface area contributed by atoms with Crippen molar-refractivity contribution in [2.45, 2.75) is 38.5 Å². The second-order valence-corrected chi connectivity index (χ2v) is 7.23. The Balaban J connectivity index is 1.62. The number of rotatable bonds is 7. The summed E-state index contributed by atoms with van der Waals surface area (Å²) in [5.74, 6) is 1.37. The highest BCUT2D eigenvalue weighted by atomic mass is 32.1. The number of carbonyl (C=O) groups excluding carboxylic acids is 1. The first-order valence-corrected chi connectivity index (χ1v) is 9.68. The van der Waals surface area contributed by atoms with Gasteiger partial charge in [0.2, 0.25) is 0 Å². The average Bonchev–Trinajstić information content (AvgIpc) is 3.11. The van der Waals surface area contributed by atoms with Crippen LogP contribution in [0.3, 0.4) is 0 Å². The van der Waals surface area contributed by atoms with Gasteiger partial charge >= 0.3 is 0 Å². The summed E-state index contributed by atoms with van der Waals surface area (Å²) in [6.45, 7) is 1.19. The van der Waals surface area contributed by atoms with Crippen LogP contribution in [0.4, 0.5) is 5.82 Å². The van der Waals surface area contributed by atoms with Gasteiger partial charge in [0.25, 0.3) is 5.91 Å². The van der Waals surface area contributed by atoms with Gasteiger partial charge in [-0.3, -0.25) is 4.79 Å². The number of hydrogen-bond acceptors (Lipinski definition) is 6. The lowest BCUT2D eigenvalue weighted by atomic mass is 9.90. The van der Waals surface area contributed by atoms with Gasteiger partial charge in [-0.15, -0.1) is 11.3 Å². The largest absolute Gasteiger partial charge is 0.489 e. The van der Waals surface area contributed by atoms with Gasteiger partial charge in [0.1, 0.15) is 5.69 Å².